The molecule has 2 heterocycles. The molecule has 1 aliphatic rings. The molecule has 9 nitrogen and oxygen atoms in total. The van der Waals surface area contributed by atoms with Crippen molar-refractivity contribution in [1.82, 2.24) is 9.46 Å². The third-order valence-electron chi connectivity index (χ3n) is 5.14. The fraction of sp³-hybridized carbons (Fsp3) is 0.524. The molecule has 31 heavy (non-hydrogen) atoms. The lowest BCUT2D eigenvalue weighted by Crippen LogP contribution is -2.44. The Bertz CT molecular complexity index is 1010. The average Bonchev–Trinajstić information content (AvgIpc) is 3.09. The van der Waals surface area contributed by atoms with E-state index in [1.54, 1.807) is 32.0 Å². The van der Waals surface area contributed by atoms with Gasteiger partial charge in [0.05, 0.1) is 24.8 Å². The minimum absolute atomic E-state index is 0.0802. The van der Waals surface area contributed by atoms with Gasteiger partial charge in [0, 0.05) is 19.2 Å². The maximum atomic E-state index is 13.1. The summed E-state index contributed by atoms with van der Waals surface area (Å²) in [5, 5.41) is 6.65. The van der Waals surface area contributed by atoms with Crippen LogP contribution in [-0.2, 0) is 14.8 Å². The van der Waals surface area contributed by atoms with Crippen LogP contribution in [0.5, 0.6) is 11.5 Å². The zero-order chi connectivity index (χ0) is 22.6. The van der Waals surface area contributed by atoms with E-state index in [0.29, 0.717) is 55.5 Å². The number of anilines is 1. The van der Waals surface area contributed by atoms with Gasteiger partial charge in [0.1, 0.15) is 22.1 Å². The summed E-state index contributed by atoms with van der Waals surface area (Å²) in [6.45, 7) is 8.29. The SMILES string of the molecule is CCOc1ccc(OCC)c(NC(=O)[C@@H]2CCCN(S(=O)(=O)c3c(C)noc3C)C2)c1. The normalized spacial score (nSPS) is 17.4. The molecule has 3 rings (SSSR count). The first-order valence-corrected chi connectivity index (χ1v) is 11.8. The monoisotopic (exact) mass is 451 g/mol. The van der Waals surface area contributed by atoms with Gasteiger partial charge in [-0.3, -0.25) is 4.79 Å². The Morgan fingerprint density at radius 2 is 2.00 bits per heavy atom. The van der Waals surface area contributed by atoms with E-state index < -0.39 is 15.9 Å². The number of benzene rings is 1. The smallest absolute Gasteiger partial charge is 0.248 e. The topological polar surface area (TPSA) is 111 Å². The molecule has 0 bridgehead atoms. The Balaban J connectivity index is 1.78. The van der Waals surface area contributed by atoms with Crippen molar-refractivity contribution in [3.05, 3.63) is 29.7 Å². The summed E-state index contributed by atoms with van der Waals surface area (Å²) in [4.78, 5) is 13.1. The van der Waals surface area contributed by atoms with Gasteiger partial charge < -0.3 is 19.3 Å². The number of hydrogen-bond donors (Lipinski definition) is 1. The second kappa shape index (κ2) is 9.69. The second-order valence-corrected chi connectivity index (χ2v) is 9.24. The Morgan fingerprint density at radius 3 is 2.65 bits per heavy atom. The van der Waals surface area contributed by atoms with Crippen LogP contribution in [0.4, 0.5) is 5.69 Å². The van der Waals surface area contributed by atoms with Crippen LogP contribution >= 0.6 is 0 Å². The number of rotatable bonds is 8. The van der Waals surface area contributed by atoms with E-state index in [0.717, 1.165) is 0 Å². The van der Waals surface area contributed by atoms with Gasteiger partial charge in [-0.05, 0) is 52.7 Å². The van der Waals surface area contributed by atoms with Crippen molar-refractivity contribution in [2.24, 2.45) is 5.92 Å². The van der Waals surface area contributed by atoms with Crippen molar-refractivity contribution in [2.45, 2.75) is 45.4 Å². The molecule has 1 fully saturated rings. The summed E-state index contributed by atoms with van der Waals surface area (Å²) in [6, 6.07) is 5.25. The summed E-state index contributed by atoms with van der Waals surface area (Å²) in [7, 11) is -3.80. The van der Waals surface area contributed by atoms with Gasteiger partial charge in [0.15, 0.2) is 5.76 Å². The molecule has 1 aliphatic heterocycles. The molecule has 10 heteroatoms. The summed E-state index contributed by atoms with van der Waals surface area (Å²) >= 11 is 0. The largest absolute Gasteiger partial charge is 0.494 e. The molecule has 1 saturated heterocycles. The first-order chi connectivity index (χ1) is 14.8. The van der Waals surface area contributed by atoms with Crippen LogP contribution in [0.2, 0.25) is 0 Å². The highest BCUT2D eigenvalue weighted by Gasteiger charge is 2.36. The quantitative estimate of drug-likeness (QED) is 0.656. The number of amides is 1. The van der Waals surface area contributed by atoms with Crippen molar-refractivity contribution < 1.29 is 27.2 Å². The number of aromatic nitrogens is 1. The van der Waals surface area contributed by atoms with Crippen molar-refractivity contribution >= 4 is 21.6 Å². The number of piperidine rings is 1. The van der Waals surface area contributed by atoms with E-state index in [4.69, 9.17) is 14.0 Å². The summed E-state index contributed by atoms with van der Waals surface area (Å²) in [6.07, 6.45) is 1.17. The number of sulfonamides is 1. The van der Waals surface area contributed by atoms with Gasteiger partial charge in [-0.25, -0.2) is 8.42 Å². The minimum atomic E-state index is -3.80. The van der Waals surface area contributed by atoms with Gasteiger partial charge >= 0.3 is 0 Å². The third kappa shape index (κ3) is 5.01. The fourth-order valence-corrected chi connectivity index (χ4v) is 5.54. The number of ether oxygens (including phenoxy) is 2. The average molecular weight is 452 g/mol. The van der Waals surface area contributed by atoms with Crippen LogP contribution in [0.25, 0.3) is 0 Å². The zero-order valence-electron chi connectivity index (χ0n) is 18.3. The van der Waals surface area contributed by atoms with E-state index in [-0.39, 0.29) is 23.1 Å². The first kappa shape index (κ1) is 23.1. The molecule has 170 valence electrons. The van der Waals surface area contributed by atoms with E-state index in [1.807, 2.05) is 13.8 Å². The van der Waals surface area contributed by atoms with Crippen molar-refractivity contribution in [2.75, 3.05) is 31.6 Å². The fourth-order valence-electron chi connectivity index (χ4n) is 3.73. The Morgan fingerprint density at radius 1 is 1.26 bits per heavy atom. The molecule has 1 aromatic carbocycles. The molecule has 1 aromatic heterocycles. The van der Waals surface area contributed by atoms with E-state index in [2.05, 4.69) is 10.5 Å². The number of aryl methyl sites for hydroxylation is 2. The van der Waals surface area contributed by atoms with E-state index in [9.17, 15) is 13.2 Å². The van der Waals surface area contributed by atoms with Crippen LogP contribution in [0.15, 0.2) is 27.6 Å². The van der Waals surface area contributed by atoms with Gasteiger partial charge in [-0.2, -0.15) is 4.31 Å². The lowest BCUT2D eigenvalue weighted by atomic mass is 9.98. The lowest BCUT2D eigenvalue weighted by Gasteiger charge is -2.31. The van der Waals surface area contributed by atoms with E-state index >= 15 is 0 Å². The van der Waals surface area contributed by atoms with Crippen molar-refractivity contribution in [1.29, 1.82) is 0 Å². The number of carbonyl (C=O) groups is 1. The highest BCUT2D eigenvalue weighted by molar-refractivity contribution is 7.89. The number of nitrogens with one attached hydrogen (secondary N) is 1. The van der Waals surface area contributed by atoms with Gasteiger partial charge in [0.2, 0.25) is 15.9 Å². The van der Waals surface area contributed by atoms with Gasteiger partial charge in [-0.1, -0.05) is 5.16 Å². The molecule has 1 atom stereocenters. The van der Waals surface area contributed by atoms with Crippen LogP contribution in [0.1, 0.15) is 38.1 Å². The Hall–Kier alpha value is -2.59. The molecule has 2 aromatic rings. The van der Waals surface area contributed by atoms with Crippen LogP contribution in [0, 0.1) is 19.8 Å². The van der Waals surface area contributed by atoms with Crippen LogP contribution < -0.4 is 14.8 Å². The third-order valence-corrected chi connectivity index (χ3v) is 7.25. The summed E-state index contributed by atoms with van der Waals surface area (Å²) in [5.41, 5.74) is 0.821. The molecular formula is C21H29N3O6S. The molecule has 0 aliphatic carbocycles. The standard InChI is InChI=1S/C21H29N3O6S/c1-5-28-17-9-10-19(29-6-2)18(12-17)22-21(25)16-8-7-11-24(13-16)31(26,27)20-14(3)23-30-15(20)4/h9-10,12,16H,5-8,11,13H2,1-4H3,(H,22,25)/t16-/m1/s1. The molecule has 1 N–H and O–H groups in total. The highest BCUT2D eigenvalue weighted by Crippen LogP contribution is 2.32. The maximum absolute atomic E-state index is 13.1. The predicted octanol–water partition coefficient (Wildman–Crippen LogP) is 3.13. The first-order valence-electron chi connectivity index (χ1n) is 10.4. The Kier molecular flexibility index (Phi) is 7.22. The van der Waals surface area contributed by atoms with Gasteiger partial charge in [-0.15, -0.1) is 0 Å². The van der Waals surface area contributed by atoms with Crippen molar-refractivity contribution in [3.8, 4) is 11.5 Å². The number of nitrogens with zero attached hydrogens (tertiary/aromatic N) is 2. The molecule has 0 saturated carbocycles. The number of hydrogen-bond acceptors (Lipinski definition) is 7. The second-order valence-electron chi connectivity index (χ2n) is 7.37. The van der Waals surface area contributed by atoms with Crippen LogP contribution in [0.3, 0.4) is 0 Å². The molecule has 0 unspecified atom stereocenters. The molecule has 1 amide bonds. The Labute approximate surface area is 182 Å². The molecule has 0 spiro atoms. The predicted molar refractivity (Wildman–Crippen MR) is 115 cm³/mol. The summed E-state index contributed by atoms with van der Waals surface area (Å²) in [5.74, 6) is 0.656. The molecular weight excluding hydrogens is 422 g/mol. The van der Waals surface area contributed by atoms with E-state index in [1.165, 1.54) is 4.31 Å². The summed E-state index contributed by atoms with van der Waals surface area (Å²) < 4.78 is 43.8. The lowest BCUT2D eigenvalue weighted by molar-refractivity contribution is -0.120. The zero-order valence-corrected chi connectivity index (χ0v) is 19.1. The van der Waals surface area contributed by atoms with Gasteiger partial charge in [0.25, 0.3) is 0 Å². The number of carbonyl (C=O) groups excluding carboxylic acids is 1. The minimum Gasteiger partial charge on any atom is -0.494 e. The maximum Gasteiger partial charge on any atom is 0.248 e. The highest BCUT2D eigenvalue weighted by atomic mass is 32.2. The van der Waals surface area contributed by atoms with Crippen LogP contribution in [-0.4, -0.2) is 50.1 Å². The van der Waals surface area contributed by atoms with Crippen molar-refractivity contribution in [3.63, 3.8) is 0 Å². The molecule has 0 radical (unpaired) electrons.